The number of aromatic nitrogens is 1. The number of pyridine rings is 1. The number of rotatable bonds is 6. The summed E-state index contributed by atoms with van der Waals surface area (Å²) in [7, 11) is 4.56. The van der Waals surface area contributed by atoms with Gasteiger partial charge in [-0.2, -0.15) is 0 Å². The third kappa shape index (κ3) is 5.42. The molecule has 144 valence electrons. The van der Waals surface area contributed by atoms with Gasteiger partial charge in [-0.05, 0) is 18.2 Å². The van der Waals surface area contributed by atoms with Crippen LogP contribution in [0.25, 0.3) is 0 Å². The van der Waals surface area contributed by atoms with Crippen molar-refractivity contribution in [1.29, 1.82) is 0 Å². The summed E-state index contributed by atoms with van der Waals surface area (Å²) in [5, 5.41) is 0. The van der Waals surface area contributed by atoms with E-state index in [1.165, 1.54) is 19.1 Å². The van der Waals surface area contributed by atoms with Crippen LogP contribution in [0.3, 0.4) is 0 Å². The lowest BCUT2D eigenvalue weighted by Crippen LogP contribution is -2.46. The Morgan fingerprint density at radius 1 is 1.00 bits per heavy atom. The second kappa shape index (κ2) is 10.1. The Balaban J connectivity index is 2.20. The number of nitrogens with one attached hydrogen (secondary N) is 3. The molecule has 0 atom stereocenters. The lowest BCUT2D eigenvalue weighted by atomic mass is 10.2. The van der Waals surface area contributed by atoms with Crippen LogP contribution in [0.4, 0.5) is 5.69 Å². The largest absolute Gasteiger partial charge is 0.494 e. The van der Waals surface area contributed by atoms with E-state index in [1.54, 1.807) is 50.6 Å². The zero-order valence-corrected chi connectivity index (χ0v) is 16.2. The minimum absolute atomic E-state index is 0.195. The normalized spacial score (nSPS) is 10.7. The molecule has 0 aliphatic rings. The van der Waals surface area contributed by atoms with Gasteiger partial charge in [-0.3, -0.25) is 20.4 Å². The number of guanidine groups is 1. The lowest BCUT2D eigenvalue weighted by Gasteiger charge is -2.14. The van der Waals surface area contributed by atoms with E-state index in [9.17, 15) is 4.79 Å². The second-order valence-electron chi connectivity index (χ2n) is 4.92. The highest BCUT2D eigenvalue weighted by molar-refractivity contribution is 7.97. The van der Waals surface area contributed by atoms with Crippen LogP contribution in [-0.2, 0) is 0 Å². The molecule has 0 bridgehead atoms. The molecule has 10 heteroatoms. The molecule has 0 unspecified atom stereocenters. The van der Waals surface area contributed by atoms with Crippen molar-refractivity contribution in [3.63, 3.8) is 0 Å². The van der Waals surface area contributed by atoms with Crippen LogP contribution in [-0.4, -0.2) is 44.4 Å². The molecule has 1 heterocycles. The van der Waals surface area contributed by atoms with Crippen molar-refractivity contribution in [3.8, 4) is 17.4 Å². The van der Waals surface area contributed by atoms with Gasteiger partial charge < -0.3 is 14.2 Å². The van der Waals surface area contributed by atoms with E-state index in [1.807, 2.05) is 6.26 Å². The topological polar surface area (TPSA) is 106 Å². The fraction of sp³-hybridized carbons (Fsp3) is 0.235. The first kappa shape index (κ1) is 20.2. The van der Waals surface area contributed by atoms with Crippen LogP contribution in [0.5, 0.6) is 17.4 Å². The molecule has 2 rings (SSSR count). The number of methoxy groups -OCH3 is 3. The zero-order valence-electron chi connectivity index (χ0n) is 15.4. The minimum Gasteiger partial charge on any atom is -0.494 e. The summed E-state index contributed by atoms with van der Waals surface area (Å²) in [5.74, 6) is 1.23. The molecule has 0 aliphatic heterocycles. The summed E-state index contributed by atoms with van der Waals surface area (Å²) in [6, 6.07) is 10.2. The Hall–Kier alpha value is -3.14. The molecule has 0 spiro atoms. The molecule has 0 aliphatic carbocycles. The summed E-state index contributed by atoms with van der Waals surface area (Å²) in [4.78, 5) is 20.8. The lowest BCUT2D eigenvalue weighted by molar-refractivity contribution is 0.0937. The monoisotopic (exact) mass is 391 g/mol. The van der Waals surface area contributed by atoms with Gasteiger partial charge in [0.25, 0.3) is 5.91 Å². The molecule has 0 saturated heterocycles. The standard InChI is InChI=1S/C17H21N5O4S/c1-24-12-8-6-9-13(25-2)15(12)19-17(22-27-4)21-20-16(23)11-7-5-10-14(18-11)26-3/h5-10H,1-4H3,(H,20,23)(H2,19,21,22). The highest BCUT2D eigenvalue weighted by Gasteiger charge is 2.12. The van der Waals surface area contributed by atoms with Crippen LogP contribution in [0.15, 0.2) is 41.4 Å². The average Bonchev–Trinajstić information content (AvgIpc) is 2.71. The number of carbonyl (C=O) groups is 1. The van der Waals surface area contributed by atoms with E-state index in [2.05, 4.69) is 25.6 Å². The summed E-state index contributed by atoms with van der Waals surface area (Å²) in [5.41, 5.74) is 5.94. The van der Waals surface area contributed by atoms with Gasteiger partial charge >= 0.3 is 0 Å². The molecule has 3 N–H and O–H groups in total. The van der Waals surface area contributed by atoms with E-state index in [0.717, 1.165) is 0 Å². The van der Waals surface area contributed by atoms with E-state index >= 15 is 0 Å². The number of hydrazine groups is 1. The van der Waals surface area contributed by atoms with Crippen LogP contribution >= 0.6 is 11.9 Å². The molecular weight excluding hydrogens is 370 g/mol. The number of amides is 1. The van der Waals surface area contributed by atoms with Crippen LogP contribution in [0.1, 0.15) is 10.5 Å². The summed E-state index contributed by atoms with van der Waals surface area (Å²) < 4.78 is 18.6. The third-order valence-corrected chi connectivity index (χ3v) is 3.68. The first-order chi connectivity index (χ1) is 13.1. The van der Waals surface area contributed by atoms with E-state index in [-0.39, 0.29) is 11.7 Å². The first-order valence-electron chi connectivity index (χ1n) is 7.79. The Labute approximate surface area is 161 Å². The van der Waals surface area contributed by atoms with Crippen molar-refractivity contribution in [3.05, 3.63) is 42.1 Å². The molecule has 1 aromatic heterocycles. The zero-order chi connectivity index (χ0) is 19.6. The molecular formula is C17H21N5O4S. The van der Waals surface area contributed by atoms with Crippen molar-refractivity contribution < 1.29 is 19.0 Å². The van der Waals surface area contributed by atoms with Gasteiger partial charge in [-0.15, -0.1) is 0 Å². The first-order valence-corrected chi connectivity index (χ1v) is 9.01. The van der Waals surface area contributed by atoms with Gasteiger partial charge in [0.15, 0.2) is 5.69 Å². The fourth-order valence-electron chi connectivity index (χ4n) is 2.06. The molecule has 0 fully saturated rings. The van der Waals surface area contributed by atoms with E-state index < -0.39 is 5.91 Å². The number of hydrogen-bond acceptors (Lipinski definition) is 7. The van der Waals surface area contributed by atoms with E-state index in [0.29, 0.717) is 23.1 Å². The van der Waals surface area contributed by atoms with Gasteiger partial charge in [0.05, 0.1) is 21.3 Å². The number of para-hydroxylation sites is 1. The highest BCUT2D eigenvalue weighted by atomic mass is 32.2. The van der Waals surface area contributed by atoms with Crippen molar-refractivity contribution >= 4 is 29.5 Å². The third-order valence-electron chi connectivity index (χ3n) is 3.28. The number of aliphatic imine (C=N–C) groups is 1. The fourth-order valence-corrected chi connectivity index (χ4v) is 2.35. The number of carbonyl (C=O) groups excluding carboxylic acids is 1. The van der Waals surface area contributed by atoms with Crippen molar-refractivity contribution in [2.45, 2.75) is 0 Å². The summed E-state index contributed by atoms with van der Waals surface area (Å²) >= 11 is 1.30. The average molecular weight is 391 g/mol. The Kier molecular flexibility index (Phi) is 7.56. The van der Waals surface area contributed by atoms with Crippen LogP contribution in [0.2, 0.25) is 0 Å². The molecule has 0 radical (unpaired) electrons. The maximum atomic E-state index is 12.3. The molecule has 0 saturated carbocycles. The number of hydrogen-bond donors (Lipinski definition) is 3. The Morgan fingerprint density at radius 2 is 1.67 bits per heavy atom. The van der Waals surface area contributed by atoms with Gasteiger partial charge in [-0.25, -0.2) is 9.98 Å². The predicted octanol–water partition coefficient (Wildman–Crippen LogP) is 1.90. The van der Waals surface area contributed by atoms with Crippen LogP contribution < -0.4 is 29.8 Å². The van der Waals surface area contributed by atoms with E-state index in [4.69, 9.17) is 14.2 Å². The molecule has 27 heavy (non-hydrogen) atoms. The van der Waals surface area contributed by atoms with Crippen molar-refractivity contribution in [1.82, 2.24) is 20.6 Å². The SMILES string of the molecule is COc1cccc(C(=O)NNC(=Nc2c(OC)cccc2OC)NSC)n1. The van der Waals surface area contributed by atoms with Gasteiger partial charge in [-0.1, -0.05) is 24.1 Å². The van der Waals surface area contributed by atoms with Gasteiger partial charge in [0.1, 0.15) is 17.2 Å². The molecule has 1 amide bonds. The highest BCUT2D eigenvalue weighted by Crippen LogP contribution is 2.36. The van der Waals surface area contributed by atoms with Crippen LogP contribution in [0, 0.1) is 0 Å². The number of nitrogens with zero attached hydrogens (tertiary/aromatic N) is 2. The quantitative estimate of drug-likeness (QED) is 0.297. The van der Waals surface area contributed by atoms with Crippen molar-refractivity contribution in [2.24, 2.45) is 4.99 Å². The molecule has 1 aromatic carbocycles. The smallest absolute Gasteiger partial charge is 0.288 e. The maximum absolute atomic E-state index is 12.3. The van der Waals surface area contributed by atoms with Crippen molar-refractivity contribution in [2.75, 3.05) is 27.6 Å². The summed E-state index contributed by atoms with van der Waals surface area (Å²) in [6.45, 7) is 0. The molecule has 2 aromatic rings. The minimum atomic E-state index is -0.448. The second-order valence-corrected chi connectivity index (χ2v) is 5.53. The Bertz CT molecular complexity index is 793. The predicted molar refractivity (Wildman–Crippen MR) is 105 cm³/mol. The Morgan fingerprint density at radius 3 is 2.26 bits per heavy atom. The molecule has 9 nitrogen and oxygen atoms in total. The number of ether oxygens (including phenoxy) is 3. The van der Waals surface area contributed by atoms with Gasteiger partial charge in [0.2, 0.25) is 11.8 Å². The maximum Gasteiger partial charge on any atom is 0.288 e. The number of benzene rings is 1. The summed E-state index contributed by atoms with van der Waals surface area (Å²) in [6.07, 6.45) is 1.82. The van der Waals surface area contributed by atoms with Gasteiger partial charge in [0, 0.05) is 12.3 Å².